The molecule has 0 saturated carbocycles. The van der Waals surface area contributed by atoms with E-state index in [4.69, 9.17) is 0 Å². The monoisotopic (exact) mass is 214 g/mol. The van der Waals surface area contributed by atoms with Crippen LogP contribution < -0.4 is 0 Å². The van der Waals surface area contributed by atoms with E-state index in [1.54, 1.807) is 11.4 Å². The zero-order valence-electron chi connectivity index (χ0n) is 6.16. The first kappa shape index (κ1) is 9.43. The molecule has 1 nitrogen and oxygen atoms in total. The first-order valence-electron chi connectivity index (χ1n) is 3.11. The second-order valence-electron chi connectivity index (χ2n) is 2.91. The Balaban J connectivity index is 2.52. The first-order valence-corrected chi connectivity index (χ1v) is 9.13. The molecule has 0 amide bonds. The zero-order valence-corrected chi connectivity index (χ0v) is 10.0. The molecule has 1 aliphatic heterocycles. The molecule has 60 valence electrons. The van der Waals surface area contributed by atoms with Crippen LogP contribution in [0.5, 0.6) is 0 Å². The molecular formula is C5H13OP3S. The molecule has 0 aromatic heterocycles. The van der Waals surface area contributed by atoms with Gasteiger partial charge in [0.05, 0.1) is 0 Å². The summed E-state index contributed by atoms with van der Waals surface area (Å²) in [6.45, 7) is 2.02. The quantitative estimate of drug-likeness (QED) is 0.708. The molecule has 1 N–H and O–H groups in total. The van der Waals surface area contributed by atoms with Crippen molar-refractivity contribution in [2.24, 2.45) is 0 Å². The van der Waals surface area contributed by atoms with E-state index in [0.717, 1.165) is 6.16 Å². The Morgan fingerprint density at radius 1 is 1.90 bits per heavy atom. The van der Waals surface area contributed by atoms with Gasteiger partial charge in [0.1, 0.15) is 0 Å². The fourth-order valence-corrected chi connectivity index (χ4v) is 7.54. The Labute approximate surface area is 70.5 Å². The number of hydrogen-bond donors (Lipinski definition) is 1. The Hall–Kier alpha value is 1.34. The average molecular weight is 214 g/mol. The van der Waals surface area contributed by atoms with E-state index < -0.39 is 7.49 Å². The van der Waals surface area contributed by atoms with Crippen LogP contribution in [-0.4, -0.2) is 34.7 Å². The van der Waals surface area contributed by atoms with Gasteiger partial charge in [-0.3, -0.25) is 0 Å². The number of hydrogen-bond acceptors (Lipinski definition) is 2. The average Bonchev–Trinajstić information content (AvgIpc) is 2.29. The van der Waals surface area contributed by atoms with E-state index in [1.165, 1.54) is 7.41 Å². The van der Waals surface area contributed by atoms with E-state index >= 15 is 0 Å². The molecule has 1 heterocycles. The van der Waals surface area contributed by atoms with E-state index in [-0.39, 0.29) is 4.90 Å². The molecule has 1 aliphatic rings. The van der Waals surface area contributed by atoms with Gasteiger partial charge in [-0.25, -0.2) is 0 Å². The van der Waals surface area contributed by atoms with E-state index in [9.17, 15) is 4.89 Å². The molecule has 0 radical (unpaired) electrons. The molecule has 5 heteroatoms. The topological polar surface area (TPSA) is 20.2 Å². The third kappa shape index (κ3) is 1.74. The summed E-state index contributed by atoms with van der Waals surface area (Å²) in [7, 11) is 2.30. The summed E-state index contributed by atoms with van der Waals surface area (Å²) < 4.78 is 0. The maximum absolute atomic E-state index is 9.65. The van der Waals surface area contributed by atoms with Crippen LogP contribution in [0.4, 0.5) is 0 Å². The van der Waals surface area contributed by atoms with Gasteiger partial charge in [0.15, 0.2) is 0 Å². The standard InChI is InChI=1S/C5H13OP3S/c1-9(6)4-5(9,7)3-8-10-2/h3,6,9H,4,7H2,1-2H3. The van der Waals surface area contributed by atoms with Crippen LogP contribution in [0.25, 0.3) is 0 Å². The second kappa shape index (κ2) is 3.00. The maximum atomic E-state index is 9.65. The molecule has 0 bridgehead atoms. The number of rotatable bonds is 2. The second-order valence-corrected chi connectivity index (χ2v) is 10.9. The summed E-state index contributed by atoms with van der Waals surface area (Å²) in [5.41, 5.74) is 0. The van der Waals surface area contributed by atoms with Crippen LogP contribution in [0.3, 0.4) is 0 Å². The van der Waals surface area contributed by atoms with Crippen molar-refractivity contribution in [3.63, 3.8) is 0 Å². The van der Waals surface area contributed by atoms with Crippen molar-refractivity contribution in [1.29, 1.82) is 0 Å². The SMILES string of the molecule is CSP=CC1(P)C[PH]1(C)O. The van der Waals surface area contributed by atoms with Gasteiger partial charge < -0.3 is 0 Å². The molecule has 2 unspecified atom stereocenters. The van der Waals surface area contributed by atoms with Gasteiger partial charge in [-0.05, 0) is 0 Å². The molecule has 10 heavy (non-hydrogen) atoms. The van der Waals surface area contributed by atoms with Gasteiger partial charge in [-0.1, -0.05) is 0 Å². The third-order valence-electron chi connectivity index (χ3n) is 1.90. The van der Waals surface area contributed by atoms with E-state index in [1.807, 2.05) is 6.66 Å². The van der Waals surface area contributed by atoms with Gasteiger partial charge in [-0.2, -0.15) is 0 Å². The Bertz CT molecular complexity index is 170. The van der Waals surface area contributed by atoms with Crippen LogP contribution in [0, 0.1) is 0 Å². The van der Waals surface area contributed by atoms with Crippen molar-refractivity contribution in [2.75, 3.05) is 19.1 Å². The molecule has 1 saturated heterocycles. The predicted molar refractivity (Wildman–Crippen MR) is 60.3 cm³/mol. The van der Waals surface area contributed by atoms with Gasteiger partial charge in [0.2, 0.25) is 0 Å². The van der Waals surface area contributed by atoms with Gasteiger partial charge in [-0.15, -0.1) is 0 Å². The summed E-state index contributed by atoms with van der Waals surface area (Å²) in [5.74, 6) is 2.22. The van der Waals surface area contributed by atoms with E-state index in [0.29, 0.717) is 0 Å². The Morgan fingerprint density at radius 2 is 2.40 bits per heavy atom. The van der Waals surface area contributed by atoms with Crippen LogP contribution in [0.15, 0.2) is 0 Å². The fraction of sp³-hybridized carbons (Fsp3) is 0.800. The summed E-state index contributed by atoms with van der Waals surface area (Å²) in [6.07, 6.45) is 3.10. The molecule has 1 rings (SSSR count). The molecule has 0 aromatic rings. The minimum atomic E-state index is -1.76. The van der Waals surface area contributed by atoms with Gasteiger partial charge in [0, 0.05) is 0 Å². The fourth-order valence-electron chi connectivity index (χ4n) is 0.857. The van der Waals surface area contributed by atoms with E-state index in [2.05, 4.69) is 21.3 Å². The van der Waals surface area contributed by atoms with Gasteiger partial charge in [0.25, 0.3) is 0 Å². The van der Waals surface area contributed by atoms with Crippen LogP contribution in [-0.2, 0) is 0 Å². The summed E-state index contributed by atoms with van der Waals surface area (Å²) in [5, 5.41) is 0. The van der Waals surface area contributed by atoms with Crippen molar-refractivity contribution in [3.05, 3.63) is 0 Å². The zero-order chi connectivity index (χ0) is 7.83. The molecule has 1 fully saturated rings. The Morgan fingerprint density at radius 3 is 2.70 bits per heavy atom. The minimum absolute atomic E-state index is 0.150. The van der Waals surface area contributed by atoms with Crippen molar-refractivity contribution in [1.82, 2.24) is 0 Å². The van der Waals surface area contributed by atoms with Crippen molar-refractivity contribution in [2.45, 2.75) is 4.90 Å². The molecular weight excluding hydrogens is 201 g/mol. The van der Waals surface area contributed by atoms with Crippen LogP contribution in [0.1, 0.15) is 0 Å². The molecule has 0 aromatic carbocycles. The Kier molecular flexibility index (Phi) is 2.83. The predicted octanol–water partition coefficient (Wildman–Crippen LogP) is 1.88. The third-order valence-corrected chi connectivity index (χ3v) is 9.97. The summed E-state index contributed by atoms with van der Waals surface area (Å²) in [6, 6.07) is 0. The van der Waals surface area contributed by atoms with Crippen molar-refractivity contribution in [3.8, 4) is 0 Å². The van der Waals surface area contributed by atoms with Crippen LogP contribution in [0.2, 0.25) is 0 Å². The normalized spacial score (nSPS) is 40.0. The molecule has 0 spiro atoms. The van der Waals surface area contributed by atoms with Crippen molar-refractivity contribution >= 4 is 41.3 Å². The summed E-state index contributed by atoms with van der Waals surface area (Å²) >= 11 is 1.78. The van der Waals surface area contributed by atoms with Gasteiger partial charge >= 0.3 is 70.2 Å². The van der Waals surface area contributed by atoms with Crippen LogP contribution >= 0.6 is 35.5 Å². The first-order chi connectivity index (χ1) is 4.52. The molecule has 2 atom stereocenters. The molecule has 0 aliphatic carbocycles. The van der Waals surface area contributed by atoms with Crippen molar-refractivity contribution < 1.29 is 4.89 Å². The summed E-state index contributed by atoms with van der Waals surface area (Å²) in [4.78, 5) is 9.80.